The van der Waals surface area contributed by atoms with E-state index < -0.39 is 0 Å². The Labute approximate surface area is 233 Å². The van der Waals surface area contributed by atoms with Gasteiger partial charge in [0.2, 0.25) is 0 Å². The van der Waals surface area contributed by atoms with E-state index in [1.54, 1.807) is 36.4 Å². The van der Waals surface area contributed by atoms with Crippen molar-refractivity contribution in [2.24, 2.45) is 0 Å². The van der Waals surface area contributed by atoms with Crippen molar-refractivity contribution in [3.05, 3.63) is 70.2 Å². The lowest BCUT2D eigenvalue weighted by Gasteiger charge is -2.06. The highest BCUT2D eigenvalue weighted by Gasteiger charge is 2.08. The van der Waals surface area contributed by atoms with Crippen LogP contribution in [0.15, 0.2) is 59.1 Å². The number of halogens is 1. The van der Waals surface area contributed by atoms with Gasteiger partial charge in [-0.05, 0) is 42.3 Å². The van der Waals surface area contributed by atoms with Crippen LogP contribution in [0, 0.1) is 0 Å². The second kappa shape index (κ2) is 19.9. The summed E-state index contributed by atoms with van der Waals surface area (Å²) >= 11 is 3.40. The fourth-order valence-corrected chi connectivity index (χ4v) is 4.64. The van der Waals surface area contributed by atoms with Gasteiger partial charge in [-0.2, -0.15) is 0 Å². The van der Waals surface area contributed by atoms with E-state index in [1.165, 1.54) is 83.5 Å². The van der Waals surface area contributed by atoms with Gasteiger partial charge in [0.25, 0.3) is 0 Å². The van der Waals surface area contributed by atoms with Crippen LogP contribution in [0.2, 0.25) is 0 Å². The number of carbonyl (C=O) groups is 2. The number of rotatable bonds is 20. The minimum atomic E-state index is -0.232. The van der Waals surface area contributed by atoms with Gasteiger partial charge < -0.3 is 4.74 Å². The predicted molar refractivity (Wildman–Crippen MR) is 159 cm³/mol. The molecule has 0 aliphatic rings. The highest BCUT2D eigenvalue weighted by atomic mass is 79.9. The molecule has 0 amide bonds. The van der Waals surface area contributed by atoms with Crippen molar-refractivity contribution in [2.45, 2.75) is 110 Å². The van der Waals surface area contributed by atoms with Crippen molar-refractivity contribution >= 4 is 33.8 Å². The van der Waals surface area contributed by atoms with Crippen LogP contribution >= 0.6 is 15.9 Å². The van der Waals surface area contributed by atoms with Crippen LogP contribution < -0.4 is 4.74 Å². The zero-order valence-corrected chi connectivity index (χ0v) is 24.3. The van der Waals surface area contributed by atoms with E-state index in [0.717, 1.165) is 22.9 Å². The zero-order chi connectivity index (χ0) is 26.6. The van der Waals surface area contributed by atoms with E-state index in [1.807, 2.05) is 24.3 Å². The Hall–Kier alpha value is -2.20. The molecule has 0 aliphatic heterocycles. The molecule has 2 aromatic carbocycles. The summed E-state index contributed by atoms with van der Waals surface area (Å²) in [6.45, 7) is 2.27. The third-order valence-corrected chi connectivity index (χ3v) is 7.16. The molecule has 0 spiro atoms. The number of ether oxygens (including phenoxy) is 1. The van der Waals surface area contributed by atoms with Crippen LogP contribution in [0.3, 0.4) is 0 Å². The predicted octanol–water partition coefficient (Wildman–Crippen LogP) is 10.5. The second-order valence-electron chi connectivity index (χ2n) is 9.95. The second-order valence-corrected chi connectivity index (χ2v) is 10.9. The molecule has 0 saturated carbocycles. The standard InChI is InChI=1S/C33H45BrO3/c1-2-3-4-5-6-7-8-9-10-11-12-13-14-15-16-20-33(36)37-31-19-17-18-29(27-31)32(35)26-23-28-21-24-30(34)25-22-28/h17-19,21-27H,2-16,20H2,1H3/b26-23+. The topological polar surface area (TPSA) is 43.4 Å². The molecule has 202 valence electrons. The third-order valence-electron chi connectivity index (χ3n) is 6.63. The van der Waals surface area contributed by atoms with Gasteiger partial charge in [-0.25, -0.2) is 0 Å². The first-order valence-corrected chi connectivity index (χ1v) is 15.2. The molecule has 0 saturated heterocycles. The van der Waals surface area contributed by atoms with Crippen molar-refractivity contribution in [1.29, 1.82) is 0 Å². The summed E-state index contributed by atoms with van der Waals surface area (Å²) in [5, 5.41) is 0. The minimum Gasteiger partial charge on any atom is -0.427 e. The zero-order valence-electron chi connectivity index (χ0n) is 22.7. The van der Waals surface area contributed by atoms with Crippen molar-refractivity contribution in [3.8, 4) is 5.75 Å². The summed E-state index contributed by atoms with van der Waals surface area (Å²) in [6.07, 6.45) is 23.2. The molecule has 0 radical (unpaired) electrons. The molecule has 0 bridgehead atoms. The van der Waals surface area contributed by atoms with Gasteiger partial charge in [0, 0.05) is 16.5 Å². The molecule has 2 rings (SSSR count). The van der Waals surface area contributed by atoms with Crippen LogP contribution in [0.5, 0.6) is 5.75 Å². The molecule has 37 heavy (non-hydrogen) atoms. The number of benzene rings is 2. The van der Waals surface area contributed by atoms with E-state index in [-0.39, 0.29) is 11.8 Å². The van der Waals surface area contributed by atoms with E-state index >= 15 is 0 Å². The van der Waals surface area contributed by atoms with Gasteiger partial charge in [-0.15, -0.1) is 0 Å². The molecule has 3 nitrogen and oxygen atoms in total. The normalized spacial score (nSPS) is 11.2. The fraction of sp³-hybridized carbons (Fsp3) is 0.515. The summed E-state index contributed by atoms with van der Waals surface area (Å²) in [4.78, 5) is 24.8. The molecule has 4 heteroatoms. The average molecular weight is 570 g/mol. The Morgan fingerprint density at radius 2 is 1.27 bits per heavy atom. The third kappa shape index (κ3) is 15.0. The van der Waals surface area contributed by atoms with Gasteiger partial charge in [0.15, 0.2) is 5.78 Å². The lowest BCUT2D eigenvalue weighted by Crippen LogP contribution is -2.08. The average Bonchev–Trinajstić information content (AvgIpc) is 2.90. The van der Waals surface area contributed by atoms with E-state index in [0.29, 0.717) is 17.7 Å². The molecule has 0 atom stereocenters. The Balaban J connectivity index is 1.52. The number of esters is 1. The van der Waals surface area contributed by atoms with Crippen LogP contribution in [0.1, 0.15) is 126 Å². The Bertz CT molecular complexity index is 933. The molecule has 0 aliphatic carbocycles. The van der Waals surface area contributed by atoms with Gasteiger partial charge in [-0.3, -0.25) is 9.59 Å². The summed E-state index contributed by atoms with van der Waals surface area (Å²) in [6, 6.07) is 14.6. The molecular formula is C33H45BrO3. The molecule has 0 heterocycles. The quantitative estimate of drug-likeness (QED) is 0.0524. The van der Waals surface area contributed by atoms with Gasteiger partial charge in [-0.1, -0.05) is 143 Å². The number of ketones is 1. The van der Waals surface area contributed by atoms with Gasteiger partial charge in [0.1, 0.15) is 5.75 Å². The Kier molecular flexibility index (Phi) is 16.6. The van der Waals surface area contributed by atoms with Crippen molar-refractivity contribution < 1.29 is 14.3 Å². The Morgan fingerprint density at radius 1 is 0.730 bits per heavy atom. The maximum atomic E-state index is 12.5. The maximum Gasteiger partial charge on any atom is 0.311 e. The lowest BCUT2D eigenvalue weighted by atomic mass is 10.0. The highest BCUT2D eigenvalue weighted by molar-refractivity contribution is 9.10. The summed E-state index contributed by atoms with van der Waals surface area (Å²) in [5.41, 5.74) is 1.45. The first-order valence-electron chi connectivity index (χ1n) is 14.4. The van der Waals surface area contributed by atoms with Gasteiger partial charge >= 0.3 is 5.97 Å². The smallest absolute Gasteiger partial charge is 0.311 e. The first kappa shape index (κ1) is 31.0. The van der Waals surface area contributed by atoms with Crippen molar-refractivity contribution in [3.63, 3.8) is 0 Å². The van der Waals surface area contributed by atoms with Crippen LogP contribution in [-0.4, -0.2) is 11.8 Å². The number of hydrogen-bond donors (Lipinski definition) is 0. The van der Waals surface area contributed by atoms with Crippen molar-refractivity contribution in [1.82, 2.24) is 0 Å². The summed E-state index contributed by atoms with van der Waals surface area (Å²) in [7, 11) is 0. The lowest BCUT2D eigenvalue weighted by molar-refractivity contribution is -0.134. The number of hydrogen-bond acceptors (Lipinski definition) is 3. The van der Waals surface area contributed by atoms with Gasteiger partial charge in [0.05, 0.1) is 0 Å². The SMILES string of the molecule is CCCCCCCCCCCCCCCCCC(=O)Oc1cccc(C(=O)/C=C/c2ccc(Br)cc2)c1. The highest BCUT2D eigenvalue weighted by Crippen LogP contribution is 2.18. The molecule has 0 fully saturated rings. The number of carbonyl (C=O) groups excluding carboxylic acids is 2. The molecule has 0 aromatic heterocycles. The minimum absolute atomic E-state index is 0.122. The molecule has 2 aromatic rings. The molecule has 0 unspecified atom stereocenters. The fourth-order valence-electron chi connectivity index (χ4n) is 4.38. The number of allylic oxidation sites excluding steroid dienone is 1. The first-order chi connectivity index (χ1) is 18.1. The molecular weight excluding hydrogens is 524 g/mol. The molecule has 0 N–H and O–H groups in total. The Morgan fingerprint density at radius 3 is 1.84 bits per heavy atom. The van der Waals surface area contributed by atoms with Crippen LogP contribution in [0.4, 0.5) is 0 Å². The summed E-state index contributed by atoms with van der Waals surface area (Å²) < 4.78 is 6.48. The van der Waals surface area contributed by atoms with E-state index in [2.05, 4.69) is 22.9 Å². The number of unbranched alkanes of at least 4 members (excludes halogenated alkanes) is 14. The van der Waals surface area contributed by atoms with Crippen LogP contribution in [-0.2, 0) is 4.79 Å². The van der Waals surface area contributed by atoms with E-state index in [4.69, 9.17) is 4.74 Å². The summed E-state index contributed by atoms with van der Waals surface area (Å²) in [5.74, 6) is 0.0711. The van der Waals surface area contributed by atoms with Crippen molar-refractivity contribution in [2.75, 3.05) is 0 Å². The monoisotopic (exact) mass is 568 g/mol. The van der Waals surface area contributed by atoms with Crippen LogP contribution in [0.25, 0.3) is 6.08 Å². The largest absolute Gasteiger partial charge is 0.427 e. The van der Waals surface area contributed by atoms with E-state index in [9.17, 15) is 9.59 Å². The maximum absolute atomic E-state index is 12.5.